The van der Waals surface area contributed by atoms with Gasteiger partial charge in [-0.25, -0.2) is 41.9 Å². The highest BCUT2D eigenvalue weighted by atomic mass is 35.5. The Labute approximate surface area is 425 Å². The van der Waals surface area contributed by atoms with Gasteiger partial charge in [0.15, 0.2) is 23.1 Å². The van der Waals surface area contributed by atoms with E-state index in [4.69, 9.17) is 34.0 Å². The Hall–Kier alpha value is -7.84. The molecule has 12 rings (SSSR count). The number of hydrogen-bond acceptors (Lipinski definition) is 11. The molecular weight excluding hydrogens is 1050 g/mol. The summed E-state index contributed by atoms with van der Waals surface area (Å²) in [7, 11) is 0. The van der Waals surface area contributed by atoms with Crippen LogP contribution < -0.4 is 5.73 Å². The van der Waals surface area contributed by atoms with Crippen LogP contribution in [0.2, 0.25) is 10.0 Å². The van der Waals surface area contributed by atoms with Crippen molar-refractivity contribution in [1.82, 2.24) is 68.0 Å². The minimum Gasteiger partial charge on any atom is -0.476 e. The number of nitrogens with two attached hydrogens (primary N) is 1. The monoisotopic (exact) mass is 1080 g/mol. The molecule has 18 nitrogen and oxygen atoms in total. The quantitative estimate of drug-likeness (QED) is 0.0866. The van der Waals surface area contributed by atoms with Crippen molar-refractivity contribution >= 4 is 57.0 Å². The molecule has 0 bridgehead atoms. The summed E-state index contributed by atoms with van der Waals surface area (Å²) in [6, 6.07) is 11.8. The molecular formula is C47H37Cl2F8N15O3. The van der Waals surface area contributed by atoms with Crippen molar-refractivity contribution in [1.29, 1.82) is 0 Å². The average molecular weight is 1080 g/mol. The fourth-order valence-electron chi connectivity index (χ4n) is 8.38. The standard InChI is InChI=1S/C24H18ClF4N7O.C15H12F3N5O2.C8H7ClFN3/c25-17-5-6-34-12-30-18(23(34)22(17)26)3-4-20(37)19-11-35(33-31-19)10-15-9-16-7-14(13-1-2-13)8-21(24(27,28)29)36(16)32-15;16-15(17,18)13-4-9(8-1-2-8)3-11-5-10(20-23(11)13)6-22-7-12(14(24)25)19-21-22;9-5-1-2-13-4-12-6(3-11)8(13)7(5)10/h5-9,11-13H,1-4,10H2;3-5,7-8H,1-2,6H2,(H,24,25);1-2,4H,3,11H2. The Bertz CT molecular complexity index is 3810. The van der Waals surface area contributed by atoms with Gasteiger partial charge in [-0.3, -0.25) is 4.79 Å². The van der Waals surface area contributed by atoms with Gasteiger partial charge in [-0.15, -0.1) is 10.2 Å². The lowest BCUT2D eigenvalue weighted by Crippen LogP contribution is -2.13. The van der Waals surface area contributed by atoms with Gasteiger partial charge in [0.2, 0.25) is 0 Å². The third-order valence-electron chi connectivity index (χ3n) is 12.3. The Kier molecular flexibility index (Phi) is 13.4. The van der Waals surface area contributed by atoms with E-state index >= 15 is 0 Å². The first-order valence-corrected chi connectivity index (χ1v) is 23.5. The Balaban J connectivity index is 0.000000144. The van der Waals surface area contributed by atoms with Gasteiger partial charge in [0.1, 0.15) is 28.1 Å². The number of alkyl halides is 6. The molecule has 28 heteroatoms. The maximum Gasteiger partial charge on any atom is 0.433 e. The zero-order chi connectivity index (χ0) is 53.1. The SMILES string of the molecule is NCc1ncn2ccc(Cl)c(F)c12.O=C(CCc1ncn2ccc(Cl)c(F)c12)c1cn(Cc2cc3cc(C4CC4)cc(C(F)(F)F)n3n2)nn1.O=C(O)c1cn(Cc2cc3cc(C4CC4)cc(C(F)(F)F)n3n2)nn1. The van der Waals surface area contributed by atoms with Gasteiger partial charge in [-0.1, -0.05) is 33.6 Å². The van der Waals surface area contributed by atoms with Crippen LogP contribution in [-0.4, -0.2) is 84.8 Å². The van der Waals surface area contributed by atoms with E-state index < -0.39 is 41.3 Å². The van der Waals surface area contributed by atoms with Crippen molar-refractivity contribution in [3.05, 3.63) is 164 Å². The third kappa shape index (κ3) is 10.8. The van der Waals surface area contributed by atoms with Crippen molar-refractivity contribution in [2.45, 2.75) is 82.3 Å². The molecule has 10 heterocycles. The summed E-state index contributed by atoms with van der Waals surface area (Å²) in [5.41, 5.74) is 7.77. The summed E-state index contributed by atoms with van der Waals surface area (Å²) < 4.78 is 116. The summed E-state index contributed by atoms with van der Waals surface area (Å²) in [6.45, 7) is 0.263. The zero-order valence-corrected chi connectivity index (χ0v) is 40.0. The lowest BCUT2D eigenvalue weighted by atomic mass is 10.1. The highest BCUT2D eigenvalue weighted by Crippen LogP contribution is 2.44. The number of ketones is 1. The third-order valence-corrected chi connectivity index (χ3v) is 12.9. The Morgan fingerprint density at radius 2 is 1.12 bits per heavy atom. The van der Waals surface area contributed by atoms with E-state index in [-0.39, 0.29) is 77.0 Å². The van der Waals surface area contributed by atoms with E-state index in [0.29, 0.717) is 50.5 Å². The van der Waals surface area contributed by atoms with E-state index in [1.54, 1.807) is 41.1 Å². The van der Waals surface area contributed by atoms with Gasteiger partial charge in [0, 0.05) is 25.4 Å². The van der Waals surface area contributed by atoms with Gasteiger partial charge in [-0.05, 0) is 104 Å². The molecule has 2 fully saturated rings. The number of fused-ring (bicyclic) bond motifs is 4. The number of carboxylic acid groups (broad SMARTS) is 1. The van der Waals surface area contributed by atoms with Gasteiger partial charge >= 0.3 is 18.3 Å². The van der Waals surface area contributed by atoms with Crippen molar-refractivity contribution in [3.63, 3.8) is 0 Å². The van der Waals surface area contributed by atoms with E-state index in [1.165, 1.54) is 50.9 Å². The van der Waals surface area contributed by atoms with Gasteiger partial charge in [-0.2, -0.15) is 36.5 Å². The Morgan fingerprint density at radius 1 is 0.667 bits per heavy atom. The lowest BCUT2D eigenvalue weighted by Gasteiger charge is -2.11. The molecule has 3 N–H and O–H groups in total. The van der Waals surface area contributed by atoms with E-state index in [1.807, 2.05) is 0 Å². The molecule has 0 amide bonds. The van der Waals surface area contributed by atoms with Crippen LogP contribution in [0.15, 0.2) is 86.0 Å². The fraction of sp³-hybridized carbons (Fsp3) is 0.277. The lowest BCUT2D eigenvalue weighted by molar-refractivity contribution is -0.143. The second kappa shape index (κ2) is 19.8. The number of aryl methyl sites for hydroxylation is 1. The molecule has 0 aliphatic heterocycles. The van der Waals surface area contributed by atoms with Crippen molar-refractivity contribution in [2.75, 3.05) is 0 Å². The van der Waals surface area contributed by atoms with Gasteiger partial charge < -0.3 is 19.6 Å². The summed E-state index contributed by atoms with van der Waals surface area (Å²) in [5.74, 6) is -2.31. The zero-order valence-electron chi connectivity index (χ0n) is 38.5. The summed E-state index contributed by atoms with van der Waals surface area (Å²) >= 11 is 11.5. The number of carboxylic acids is 1. The molecule has 75 heavy (non-hydrogen) atoms. The molecule has 10 aromatic heterocycles. The highest BCUT2D eigenvalue weighted by Gasteiger charge is 2.38. The first-order valence-electron chi connectivity index (χ1n) is 22.8. The van der Waals surface area contributed by atoms with Crippen LogP contribution in [0.4, 0.5) is 35.1 Å². The van der Waals surface area contributed by atoms with Crippen LogP contribution in [0, 0.1) is 11.6 Å². The van der Waals surface area contributed by atoms with Crippen molar-refractivity contribution in [2.24, 2.45) is 5.73 Å². The molecule has 0 radical (unpaired) electrons. The second-order valence-corrected chi connectivity index (χ2v) is 18.5. The molecule has 10 aromatic rings. The molecule has 0 saturated heterocycles. The van der Waals surface area contributed by atoms with Gasteiger partial charge in [0.05, 0.1) is 82.0 Å². The van der Waals surface area contributed by atoms with Crippen LogP contribution in [-0.2, 0) is 38.4 Å². The minimum atomic E-state index is -4.55. The smallest absolute Gasteiger partial charge is 0.433 e. The molecule has 0 spiro atoms. The number of carbonyl (C=O) groups is 2. The number of aromatic nitrogens is 14. The number of imidazole rings is 2. The molecule has 0 unspecified atom stereocenters. The predicted octanol–water partition coefficient (Wildman–Crippen LogP) is 9.28. The number of aromatic carboxylic acids is 1. The Morgan fingerprint density at radius 3 is 1.56 bits per heavy atom. The van der Waals surface area contributed by atoms with Crippen LogP contribution in [0.3, 0.4) is 0 Å². The number of carbonyl (C=O) groups excluding carboxylic acids is 1. The number of nitrogens with zero attached hydrogens (tertiary/aromatic N) is 14. The first-order chi connectivity index (χ1) is 35.7. The molecule has 0 aromatic carbocycles. The fourth-order valence-corrected chi connectivity index (χ4v) is 8.67. The number of Topliss-reactive ketones (excluding diaryl/α,β-unsaturated/α-hetero) is 1. The summed E-state index contributed by atoms with van der Waals surface area (Å²) in [5, 5.41) is 31.9. The summed E-state index contributed by atoms with van der Waals surface area (Å²) in [4.78, 5) is 31.6. The minimum absolute atomic E-state index is 0.00453. The van der Waals surface area contributed by atoms with Crippen LogP contribution >= 0.6 is 23.2 Å². The average Bonchev–Trinajstić information content (AvgIpc) is 3.94. The predicted molar refractivity (Wildman–Crippen MR) is 250 cm³/mol. The normalized spacial score (nSPS) is 13.9. The van der Waals surface area contributed by atoms with Crippen LogP contribution in [0.25, 0.3) is 22.1 Å². The number of hydrogen-bond donors (Lipinski definition) is 2. The van der Waals surface area contributed by atoms with E-state index in [0.717, 1.165) is 46.8 Å². The second-order valence-electron chi connectivity index (χ2n) is 17.7. The number of pyridine rings is 4. The number of halogens is 10. The number of rotatable bonds is 12. The maximum atomic E-state index is 14.4. The van der Waals surface area contributed by atoms with Crippen LogP contribution in [0.1, 0.15) is 110 Å². The van der Waals surface area contributed by atoms with E-state index in [2.05, 4.69) is 40.8 Å². The van der Waals surface area contributed by atoms with E-state index in [9.17, 15) is 44.7 Å². The van der Waals surface area contributed by atoms with Crippen LogP contribution in [0.5, 0.6) is 0 Å². The highest BCUT2D eigenvalue weighted by molar-refractivity contribution is 6.31. The molecule has 2 aliphatic rings. The maximum absolute atomic E-state index is 14.4. The molecule has 2 saturated carbocycles. The van der Waals surface area contributed by atoms with Crippen molar-refractivity contribution in [3.8, 4) is 0 Å². The first kappa shape index (κ1) is 50.7. The topological polar surface area (TPSA) is 211 Å². The van der Waals surface area contributed by atoms with Gasteiger partial charge in [0.25, 0.3) is 0 Å². The van der Waals surface area contributed by atoms with Crippen molar-refractivity contribution < 1.29 is 49.8 Å². The molecule has 388 valence electrons. The molecule has 2 aliphatic carbocycles. The largest absolute Gasteiger partial charge is 0.476 e. The molecule has 0 atom stereocenters. The summed E-state index contributed by atoms with van der Waals surface area (Å²) in [6.07, 6.45) is 3.44.